The first kappa shape index (κ1) is 16.5. The van der Waals surface area contributed by atoms with Crippen LogP contribution >= 0.6 is 0 Å². The minimum atomic E-state index is -0.835. The predicted octanol–water partition coefficient (Wildman–Crippen LogP) is 1.44. The maximum absolute atomic E-state index is 12.7. The molecule has 25 heavy (non-hydrogen) atoms. The Morgan fingerprint density at radius 1 is 1.20 bits per heavy atom. The fraction of sp³-hybridized carbons (Fsp3) is 0.632. The van der Waals surface area contributed by atoms with Crippen molar-refractivity contribution >= 4 is 17.7 Å². The average molecular weight is 346 g/mol. The molecule has 4 aliphatic rings. The fourth-order valence-corrected chi connectivity index (χ4v) is 5.65. The molecule has 2 heterocycles. The van der Waals surface area contributed by atoms with Crippen molar-refractivity contribution in [2.75, 3.05) is 14.2 Å². The number of methoxy groups -OCH3 is 2. The van der Waals surface area contributed by atoms with Crippen LogP contribution in [0.15, 0.2) is 23.8 Å². The lowest BCUT2D eigenvalue weighted by molar-refractivity contribution is -0.181. The Morgan fingerprint density at radius 3 is 2.52 bits per heavy atom. The van der Waals surface area contributed by atoms with Crippen molar-refractivity contribution in [2.24, 2.45) is 28.6 Å². The molecule has 6 atom stereocenters. The molecule has 0 amide bonds. The molecule has 6 nitrogen and oxygen atoms in total. The highest BCUT2D eigenvalue weighted by Crippen LogP contribution is 2.69. The standard InChI is InChI=1S/C19H22O6/c1-18(2)11-7-9-8-19(11,15-10(20)5-6-12(18)25-15)14(17(22)24-4)13(9)16(21)23-3/h5-7,9,12-15H,8H2,1-4H3/t9-,12-,13+,14-,15+,19+/m1/s1. The molecule has 1 saturated heterocycles. The summed E-state index contributed by atoms with van der Waals surface area (Å²) < 4.78 is 16.1. The van der Waals surface area contributed by atoms with Gasteiger partial charge in [0, 0.05) is 10.8 Å². The lowest BCUT2D eigenvalue weighted by Gasteiger charge is -2.55. The molecule has 0 unspecified atom stereocenters. The number of allylic oxidation sites excluding steroid dienone is 1. The summed E-state index contributed by atoms with van der Waals surface area (Å²) in [6, 6.07) is 0. The number of esters is 2. The summed E-state index contributed by atoms with van der Waals surface area (Å²) in [6.45, 7) is 4.12. The molecular formula is C19H22O6. The van der Waals surface area contributed by atoms with Gasteiger partial charge in [0.15, 0.2) is 5.78 Å². The van der Waals surface area contributed by atoms with Crippen LogP contribution in [0.1, 0.15) is 20.3 Å². The molecular weight excluding hydrogens is 324 g/mol. The largest absolute Gasteiger partial charge is 0.469 e. The number of carbonyl (C=O) groups excluding carboxylic acids is 3. The van der Waals surface area contributed by atoms with E-state index in [1.54, 1.807) is 12.2 Å². The molecule has 134 valence electrons. The van der Waals surface area contributed by atoms with E-state index >= 15 is 0 Å². The summed E-state index contributed by atoms with van der Waals surface area (Å²) in [5.41, 5.74) is -0.159. The summed E-state index contributed by atoms with van der Waals surface area (Å²) >= 11 is 0. The van der Waals surface area contributed by atoms with E-state index in [9.17, 15) is 14.4 Å². The normalized spacial score (nSPS) is 42.6. The van der Waals surface area contributed by atoms with Gasteiger partial charge in [-0.2, -0.15) is 0 Å². The zero-order chi connectivity index (χ0) is 18.1. The number of rotatable bonds is 2. The first-order valence-electron chi connectivity index (χ1n) is 8.55. The van der Waals surface area contributed by atoms with Crippen molar-refractivity contribution in [3.8, 4) is 0 Å². The van der Waals surface area contributed by atoms with Crippen molar-refractivity contribution in [3.05, 3.63) is 23.8 Å². The molecule has 0 N–H and O–H groups in total. The van der Waals surface area contributed by atoms with Crippen molar-refractivity contribution in [1.29, 1.82) is 0 Å². The third-order valence-electron chi connectivity index (χ3n) is 6.61. The number of carbonyl (C=O) groups is 3. The van der Waals surface area contributed by atoms with E-state index in [-0.39, 0.29) is 23.2 Å². The van der Waals surface area contributed by atoms with Gasteiger partial charge < -0.3 is 14.2 Å². The van der Waals surface area contributed by atoms with E-state index in [0.29, 0.717) is 6.42 Å². The summed E-state index contributed by atoms with van der Waals surface area (Å²) in [6.07, 6.45) is 4.98. The molecule has 2 aliphatic heterocycles. The predicted molar refractivity (Wildman–Crippen MR) is 86.2 cm³/mol. The van der Waals surface area contributed by atoms with E-state index in [1.807, 2.05) is 0 Å². The quantitative estimate of drug-likeness (QED) is 0.556. The summed E-state index contributed by atoms with van der Waals surface area (Å²) in [4.78, 5) is 37.8. The highest BCUT2D eigenvalue weighted by Gasteiger charge is 2.73. The highest BCUT2D eigenvalue weighted by molar-refractivity contribution is 5.98. The maximum atomic E-state index is 12.7. The average Bonchev–Trinajstić information content (AvgIpc) is 3.14. The van der Waals surface area contributed by atoms with Gasteiger partial charge in [-0.3, -0.25) is 14.4 Å². The summed E-state index contributed by atoms with van der Waals surface area (Å²) in [5, 5.41) is 0. The molecule has 0 aromatic heterocycles. The Labute approximate surface area is 146 Å². The minimum Gasteiger partial charge on any atom is -0.469 e. The van der Waals surface area contributed by atoms with E-state index in [0.717, 1.165) is 5.57 Å². The third-order valence-corrected chi connectivity index (χ3v) is 6.61. The number of ketones is 1. The van der Waals surface area contributed by atoms with Gasteiger partial charge in [-0.25, -0.2) is 0 Å². The van der Waals surface area contributed by atoms with Crippen molar-refractivity contribution in [3.63, 3.8) is 0 Å². The maximum Gasteiger partial charge on any atom is 0.310 e. The van der Waals surface area contributed by atoms with Crippen molar-refractivity contribution in [1.82, 2.24) is 0 Å². The number of ether oxygens (including phenoxy) is 3. The zero-order valence-corrected chi connectivity index (χ0v) is 14.8. The van der Waals surface area contributed by atoms with Gasteiger partial charge in [0.05, 0.1) is 32.2 Å². The van der Waals surface area contributed by atoms with Crippen LogP contribution in [0.2, 0.25) is 0 Å². The number of hydrogen-bond acceptors (Lipinski definition) is 6. The first-order valence-corrected chi connectivity index (χ1v) is 8.55. The second-order valence-electron chi connectivity index (χ2n) is 7.96. The molecule has 0 aromatic rings. The molecule has 0 radical (unpaired) electrons. The molecule has 1 saturated carbocycles. The fourth-order valence-electron chi connectivity index (χ4n) is 5.65. The Morgan fingerprint density at radius 2 is 1.88 bits per heavy atom. The van der Waals surface area contributed by atoms with Gasteiger partial charge in [0.25, 0.3) is 0 Å². The molecule has 0 aromatic carbocycles. The smallest absolute Gasteiger partial charge is 0.310 e. The van der Waals surface area contributed by atoms with E-state index in [1.165, 1.54) is 14.2 Å². The van der Waals surface area contributed by atoms with Gasteiger partial charge in [0.1, 0.15) is 6.10 Å². The molecule has 4 bridgehead atoms. The van der Waals surface area contributed by atoms with Gasteiger partial charge in [0.2, 0.25) is 0 Å². The van der Waals surface area contributed by atoms with Crippen LogP contribution in [-0.2, 0) is 28.6 Å². The summed E-state index contributed by atoms with van der Waals surface area (Å²) in [5.74, 6) is -2.64. The SMILES string of the molecule is COC(=O)[C@H]1[C@@H]2C=C3C(C)(C)[C@H]4C=CC(=O)[C@H](O4)[C@]3(C2)[C@H]1C(=O)OC. The zero-order valence-electron chi connectivity index (χ0n) is 14.8. The second kappa shape index (κ2) is 5.04. The second-order valence-corrected chi connectivity index (χ2v) is 7.96. The molecule has 2 aliphatic carbocycles. The van der Waals surface area contributed by atoms with Crippen molar-refractivity contribution < 1.29 is 28.6 Å². The Balaban J connectivity index is 1.94. The molecule has 1 spiro atoms. The molecule has 6 heteroatoms. The van der Waals surface area contributed by atoms with Crippen LogP contribution in [0.25, 0.3) is 0 Å². The van der Waals surface area contributed by atoms with Crippen LogP contribution in [0.5, 0.6) is 0 Å². The Hall–Kier alpha value is -1.95. The highest BCUT2D eigenvalue weighted by atomic mass is 16.5. The Bertz CT molecular complexity index is 732. The monoisotopic (exact) mass is 346 g/mol. The van der Waals surface area contributed by atoms with E-state index in [2.05, 4.69) is 19.9 Å². The number of fused-ring (bicyclic) bond motifs is 3. The van der Waals surface area contributed by atoms with Gasteiger partial charge >= 0.3 is 11.9 Å². The lowest BCUT2D eigenvalue weighted by Crippen LogP contribution is -2.61. The van der Waals surface area contributed by atoms with E-state index < -0.39 is 35.3 Å². The lowest BCUT2D eigenvalue weighted by atomic mass is 9.54. The molecule has 4 rings (SSSR count). The first-order chi connectivity index (χ1) is 11.8. The van der Waals surface area contributed by atoms with Crippen LogP contribution in [0.4, 0.5) is 0 Å². The minimum absolute atomic E-state index is 0.151. The van der Waals surface area contributed by atoms with Gasteiger partial charge in [-0.15, -0.1) is 0 Å². The van der Waals surface area contributed by atoms with Crippen LogP contribution < -0.4 is 0 Å². The summed E-state index contributed by atoms with van der Waals surface area (Å²) in [7, 11) is 2.62. The number of hydrogen-bond donors (Lipinski definition) is 0. The molecule has 2 fully saturated rings. The van der Waals surface area contributed by atoms with Crippen LogP contribution in [-0.4, -0.2) is 44.1 Å². The van der Waals surface area contributed by atoms with Crippen LogP contribution in [0.3, 0.4) is 0 Å². The third kappa shape index (κ3) is 1.81. The topological polar surface area (TPSA) is 78.9 Å². The van der Waals surface area contributed by atoms with Gasteiger partial charge in [-0.05, 0) is 18.4 Å². The Kier molecular flexibility index (Phi) is 3.33. The van der Waals surface area contributed by atoms with Crippen LogP contribution in [0, 0.1) is 28.6 Å². The van der Waals surface area contributed by atoms with E-state index in [4.69, 9.17) is 14.2 Å². The van der Waals surface area contributed by atoms with Crippen molar-refractivity contribution in [2.45, 2.75) is 32.5 Å². The van der Waals surface area contributed by atoms with Gasteiger partial charge in [-0.1, -0.05) is 31.6 Å².